The van der Waals surface area contributed by atoms with Crippen LogP contribution in [0.25, 0.3) is 0 Å². The number of rotatable bonds is 2. The van der Waals surface area contributed by atoms with Crippen molar-refractivity contribution in [3.63, 3.8) is 0 Å². The van der Waals surface area contributed by atoms with Crippen LogP contribution in [0.4, 0.5) is 0 Å². The lowest BCUT2D eigenvalue weighted by Gasteiger charge is -2.14. The lowest BCUT2D eigenvalue weighted by molar-refractivity contribution is 0.107. The summed E-state index contributed by atoms with van der Waals surface area (Å²) in [5.41, 5.74) is 0.766. The Hall–Kier alpha value is -0.530. The molecular weight excluding hydrogens is 208 g/mol. The zero-order chi connectivity index (χ0) is 10.5. The van der Waals surface area contributed by atoms with Gasteiger partial charge in [0, 0.05) is 11.4 Å². The smallest absolute Gasteiger partial charge is 0.0751 e. The molecule has 0 amide bonds. The lowest BCUT2D eigenvalue weighted by atomic mass is 9.99. The van der Waals surface area contributed by atoms with Crippen molar-refractivity contribution in [1.82, 2.24) is 0 Å². The van der Waals surface area contributed by atoms with Crippen LogP contribution in [0.2, 0.25) is 5.02 Å². The molecule has 0 aliphatic heterocycles. The highest BCUT2D eigenvalue weighted by atomic mass is 35.5. The van der Waals surface area contributed by atoms with E-state index in [1.165, 1.54) is 24.8 Å². The van der Waals surface area contributed by atoms with Gasteiger partial charge in [-0.2, -0.15) is 0 Å². The van der Waals surface area contributed by atoms with Gasteiger partial charge in [0.2, 0.25) is 0 Å². The largest absolute Gasteiger partial charge is 0.389 e. The molecule has 2 saturated carbocycles. The van der Waals surface area contributed by atoms with Crippen molar-refractivity contribution in [1.29, 1.82) is 0 Å². The summed E-state index contributed by atoms with van der Waals surface area (Å²) in [7, 11) is 0. The molecular formula is C13H15ClO. The second kappa shape index (κ2) is 3.23. The molecule has 2 atom stereocenters. The Morgan fingerprint density at radius 3 is 2.73 bits per heavy atom. The van der Waals surface area contributed by atoms with E-state index in [0.717, 1.165) is 11.4 Å². The molecule has 1 aromatic rings. The molecule has 0 saturated heterocycles. The van der Waals surface area contributed by atoms with Gasteiger partial charge in [0.15, 0.2) is 0 Å². The third kappa shape index (κ3) is 1.49. The van der Waals surface area contributed by atoms with E-state index in [-0.39, 0.29) is 0 Å². The molecule has 0 bridgehead atoms. The van der Waals surface area contributed by atoms with Crippen LogP contribution in [0.1, 0.15) is 24.8 Å². The molecule has 0 radical (unpaired) electrons. The number of aliphatic hydroxyl groups is 1. The van der Waals surface area contributed by atoms with Crippen molar-refractivity contribution in [3.8, 4) is 0 Å². The van der Waals surface area contributed by atoms with Crippen LogP contribution >= 0.6 is 11.6 Å². The molecule has 2 heteroatoms. The Labute approximate surface area is 95.1 Å². The summed E-state index contributed by atoms with van der Waals surface area (Å²) < 4.78 is 0. The van der Waals surface area contributed by atoms with Crippen molar-refractivity contribution in [2.24, 2.45) is 11.8 Å². The van der Waals surface area contributed by atoms with Gasteiger partial charge in [-0.15, -0.1) is 0 Å². The van der Waals surface area contributed by atoms with Gasteiger partial charge >= 0.3 is 0 Å². The van der Waals surface area contributed by atoms with Crippen LogP contribution in [0.15, 0.2) is 24.3 Å². The third-order valence-corrected chi connectivity index (χ3v) is 4.30. The van der Waals surface area contributed by atoms with Gasteiger partial charge in [0.1, 0.15) is 0 Å². The fraction of sp³-hybridized carbons (Fsp3) is 0.538. The maximum atomic E-state index is 10.4. The summed E-state index contributed by atoms with van der Waals surface area (Å²) in [5, 5.41) is 11.2. The molecule has 0 heterocycles. The minimum absolute atomic E-state index is 0.400. The first-order valence-corrected chi connectivity index (χ1v) is 6.05. The van der Waals surface area contributed by atoms with Crippen molar-refractivity contribution < 1.29 is 5.11 Å². The maximum absolute atomic E-state index is 10.4. The minimum atomic E-state index is -0.400. The standard InChI is InChI=1S/C13H15ClO/c14-10-4-1-3-9(7-10)8-13(15)11-5-2-6-12(11)13/h1,3-4,7,11-12,15H,2,5-6,8H2. The molecule has 0 aromatic heterocycles. The Kier molecular flexibility index (Phi) is 2.08. The molecule has 1 nitrogen and oxygen atoms in total. The van der Waals surface area contributed by atoms with Crippen LogP contribution in [-0.4, -0.2) is 10.7 Å². The third-order valence-electron chi connectivity index (χ3n) is 4.07. The predicted octanol–water partition coefficient (Wildman–Crippen LogP) is 3.04. The first kappa shape index (κ1) is 9.68. The van der Waals surface area contributed by atoms with E-state index in [2.05, 4.69) is 6.07 Å². The topological polar surface area (TPSA) is 20.2 Å². The molecule has 3 rings (SSSR count). The van der Waals surface area contributed by atoms with Gasteiger partial charge in [-0.05, 0) is 42.4 Å². The van der Waals surface area contributed by atoms with Crippen molar-refractivity contribution in [2.75, 3.05) is 0 Å². The Morgan fingerprint density at radius 2 is 2.07 bits per heavy atom. The summed E-state index contributed by atoms with van der Waals surface area (Å²) in [5.74, 6) is 1.13. The Balaban J connectivity index is 1.76. The average molecular weight is 223 g/mol. The SMILES string of the molecule is OC1(Cc2cccc(Cl)c2)C2CCCC21. The molecule has 0 spiro atoms. The highest BCUT2D eigenvalue weighted by molar-refractivity contribution is 6.30. The summed E-state index contributed by atoms with van der Waals surface area (Å²) in [6, 6.07) is 7.85. The van der Waals surface area contributed by atoms with Crippen molar-refractivity contribution >= 4 is 11.6 Å². The summed E-state index contributed by atoms with van der Waals surface area (Å²) in [4.78, 5) is 0. The molecule has 1 aromatic carbocycles. The zero-order valence-electron chi connectivity index (χ0n) is 8.62. The molecule has 80 valence electrons. The van der Waals surface area contributed by atoms with E-state index in [1.807, 2.05) is 18.2 Å². The first-order chi connectivity index (χ1) is 7.20. The van der Waals surface area contributed by atoms with Gasteiger partial charge in [0.25, 0.3) is 0 Å². The number of benzene rings is 1. The van der Waals surface area contributed by atoms with E-state index >= 15 is 0 Å². The Bertz CT molecular complexity index is 378. The van der Waals surface area contributed by atoms with Crippen LogP contribution < -0.4 is 0 Å². The number of fused-ring (bicyclic) bond motifs is 1. The normalized spacial score (nSPS) is 37.7. The minimum Gasteiger partial charge on any atom is -0.389 e. The highest BCUT2D eigenvalue weighted by Gasteiger charge is 2.64. The molecule has 15 heavy (non-hydrogen) atoms. The average Bonchev–Trinajstić information content (AvgIpc) is 2.63. The van der Waals surface area contributed by atoms with Crippen LogP contribution in [0.3, 0.4) is 0 Å². The number of halogens is 1. The molecule has 2 aliphatic rings. The lowest BCUT2D eigenvalue weighted by Crippen LogP contribution is -2.19. The summed E-state index contributed by atoms with van der Waals surface area (Å²) in [6.07, 6.45) is 4.50. The monoisotopic (exact) mass is 222 g/mol. The van der Waals surface area contributed by atoms with Crippen molar-refractivity contribution in [2.45, 2.75) is 31.3 Å². The second-order valence-electron chi connectivity index (χ2n) is 4.94. The Morgan fingerprint density at radius 1 is 1.33 bits per heavy atom. The van der Waals surface area contributed by atoms with E-state index in [0.29, 0.717) is 11.8 Å². The second-order valence-corrected chi connectivity index (χ2v) is 5.38. The van der Waals surface area contributed by atoms with Gasteiger partial charge in [0.05, 0.1) is 5.60 Å². The fourth-order valence-electron chi connectivity index (χ4n) is 3.28. The van der Waals surface area contributed by atoms with Gasteiger partial charge < -0.3 is 5.11 Å². The van der Waals surface area contributed by atoms with E-state index in [1.54, 1.807) is 0 Å². The van der Waals surface area contributed by atoms with Crippen LogP contribution in [-0.2, 0) is 6.42 Å². The zero-order valence-corrected chi connectivity index (χ0v) is 9.37. The molecule has 2 aliphatic carbocycles. The first-order valence-electron chi connectivity index (χ1n) is 5.67. The van der Waals surface area contributed by atoms with Crippen LogP contribution in [0.5, 0.6) is 0 Å². The fourth-order valence-corrected chi connectivity index (χ4v) is 3.50. The number of hydrogen-bond donors (Lipinski definition) is 1. The maximum Gasteiger partial charge on any atom is 0.0751 e. The number of hydrogen-bond acceptors (Lipinski definition) is 1. The van der Waals surface area contributed by atoms with Gasteiger partial charge in [-0.1, -0.05) is 30.2 Å². The van der Waals surface area contributed by atoms with E-state index in [4.69, 9.17) is 11.6 Å². The summed E-state index contributed by atoms with van der Waals surface area (Å²) >= 11 is 5.93. The van der Waals surface area contributed by atoms with Gasteiger partial charge in [-0.3, -0.25) is 0 Å². The predicted molar refractivity (Wildman–Crippen MR) is 60.9 cm³/mol. The van der Waals surface area contributed by atoms with E-state index < -0.39 is 5.60 Å². The quantitative estimate of drug-likeness (QED) is 0.816. The van der Waals surface area contributed by atoms with Crippen LogP contribution in [0, 0.1) is 11.8 Å². The molecule has 1 N–H and O–H groups in total. The molecule has 2 unspecified atom stereocenters. The molecule has 2 fully saturated rings. The van der Waals surface area contributed by atoms with E-state index in [9.17, 15) is 5.11 Å². The van der Waals surface area contributed by atoms with Gasteiger partial charge in [-0.25, -0.2) is 0 Å². The van der Waals surface area contributed by atoms with Crippen molar-refractivity contribution in [3.05, 3.63) is 34.9 Å². The highest BCUT2D eigenvalue weighted by Crippen LogP contribution is 2.61. The summed E-state index contributed by atoms with van der Waals surface area (Å²) in [6.45, 7) is 0.